The number of benzene rings is 2. The van der Waals surface area contributed by atoms with Gasteiger partial charge in [-0.1, -0.05) is 18.2 Å². The summed E-state index contributed by atoms with van der Waals surface area (Å²) in [4.78, 5) is 17.4. The summed E-state index contributed by atoms with van der Waals surface area (Å²) in [7, 11) is 0. The molecule has 3 heterocycles. The van der Waals surface area contributed by atoms with Gasteiger partial charge in [0.25, 0.3) is 0 Å². The highest BCUT2D eigenvalue weighted by molar-refractivity contribution is 5.97. The zero-order valence-electron chi connectivity index (χ0n) is 22.8. The Kier molecular flexibility index (Phi) is 7.46. The van der Waals surface area contributed by atoms with E-state index in [9.17, 15) is 18.7 Å². The molecule has 0 spiro atoms. The first-order chi connectivity index (χ1) is 19.0. The Morgan fingerprint density at radius 1 is 1.18 bits per heavy atom. The van der Waals surface area contributed by atoms with E-state index in [-0.39, 0.29) is 5.75 Å². The highest BCUT2D eigenvalue weighted by atomic mass is 19.3. The molecule has 0 bridgehead atoms. The fourth-order valence-corrected chi connectivity index (χ4v) is 5.02. The predicted octanol–water partition coefficient (Wildman–Crippen LogP) is 6.32. The molecule has 4 aromatic rings. The topological polar surface area (TPSA) is 95.7 Å². The molecular formula is C30H31F2N3O5. The maximum absolute atomic E-state index is 12.6. The third-order valence-electron chi connectivity index (χ3n) is 6.65. The van der Waals surface area contributed by atoms with Gasteiger partial charge in [0.05, 0.1) is 24.9 Å². The fraction of sp³-hybridized carbons (Fsp3) is 0.367. The number of carbonyl (C=O) groups is 1. The molecule has 2 aromatic heterocycles. The minimum absolute atomic E-state index is 0.0694. The highest BCUT2D eigenvalue weighted by Crippen LogP contribution is 2.41. The number of rotatable bonds is 8. The van der Waals surface area contributed by atoms with E-state index in [0.717, 1.165) is 35.3 Å². The molecule has 10 heteroatoms. The normalized spacial score (nSPS) is 14.2. The van der Waals surface area contributed by atoms with Gasteiger partial charge < -0.3 is 19.3 Å². The van der Waals surface area contributed by atoms with Gasteiger partial charge in [0.2, 0.25) is 0 Å². The maximum atomic E-state index is 12.6. The molecule has 0 saturated heterocycles. The van der Waals surface area contributed by atoms with E-state index in [1.165, 1.54) is 12.1 Å². The summed E-state index contributed by atoms with van der Waals surface area (Å²) in [6.45, 7) is 5.31. The van der Waals surface area contributed by atoms with Gasteiger partial charge in [-0.2, -0.15) is 13.9 Å². The van der Waals surface area contributed by atoms with E-state index >= 15 is 0 Å². The van der Waals surface area contributed by atoms with Crippen molar-refractivity contribution in [3.8, 4) is 22.6 Å². The van der Waals surface area contributed by atoms with Gasteiger partial charge in [0.1, 0.15) is 11.5 Å². The fourth-order valence-electron chi connectivity index (χ4n) is 5.02. The summed E-state index contributed by atoms with van der Waals surface area (Å²) in [5.74, 6) is -0.214. The lowest BCUT2D eigenvalue weighted by molar-refractivity contribution is -0.160. The smallest absolute Gasteiger partial charge is 0.387 e. The number of pyridine rings is 1. The Bertz CT molecular complexity index is 1540. The third-order valence-corrected chi connectivity index (χ3v) is 6.65. The average Bonchev–Trinajstić information content (AvgIpc) is 3.28. The first-order valence-corrected chi connectivity index (χ1v) is 13.1. The molecule has 8 nitrogen and oxygen atoms in total. The zero-order chi connectivity index (χ0) is 28.6. The van der Waals surface area contributed by atoms with Gasteiger partial charge in [0.15, 0.2) is 11.8 Å². The number of alkyl halides is 2. The van der Waals surface area contributed by atoms with E-state index in [2.05, 4.69) is 9.84 Å². The number of fused-ring (bicyclic) bond motifs is 2. The molecule has 1 aliphatic rings. The number of hydrogen-bond donors (Lipinski definition) is 1. The third kappa shape index (κ3) is 5.77. The first-order valence-electron chi connectivity index (χ1n) is 13.1. The Balaban J connectivity index is 1.66. The van der Waals surface area contributed by atoms with Crippen LogP contribution in [0.25, 0.3) is 22.2 Å². The average molecular weight is 552 g/mol. The molecule has 1 aliphatic heterocycles. The van der Waals surface area contributed by atoms with Crippen molar-refractivity contribution in [3.63, 3.8) is 0 Å². The molecule has 210 valence electrons. The van der Waals surface area contributed by atoms with Gasteiger partial charge in [0, 0.05) is 22.2 Å². The lowest BCUT2D eigenvalue weighted by Crippen LogP contribution is -2.28. The summed E-state index contributed by atoms with van der Waals surface area (Å²) < 4.78 is 43.1. The van der Waals surface area contributed by atoms with Gasteiger partial charge in [-0.05, 0) is 81.5 Å². The lowest BCUT2D eigenvalue weighted by Gasteiger charge is -2.28. The molecule has 0 amide bonds. The lowest BCUT2D eigenvalue weighted by atomic mass is 9.90. The second-order valence-electron chi connectivity index (χ2n) is 10.8. The standard InChI is InChI=1S/C30H31F2N3O5/c1-17-24(26(28(36)37)40-30(2,3)4)25(20-9-12-23-19(14-20)6-5-13-38-23)22-15-33-35(27(22)34-17)16-18-7-10-21(11-8-18)39-29(31)32/h7-12,14-15,26,29H,5-6,13,16H2,1-4H3,(H,36,37)/t26-/m0/s1. The van der Waals surface area contributed by atoms with E-state index < -0.39 is 24.3 Å². The van der Waals surface area contributed by atoms with Crippen molar-refractivity contribution in [1.82, 2.24) is 14.8 Å². The molecule has 5 rings (SSSR count). The molecular weight excluding hydrogens is 520 g/mol. The van der Waals surface area contributed by atoms with Crippen LogP contribution in [-0.4, -0.2) is 44.7 Å². The van der Waals surface area contributed by atoms with Crippen LogP contribution >= 0.6 is 0 Å². The van der Waals surface area contributed by atoms with Crippen molar-refractivity contribution in [2.24, 2.45) is 0 Å². The van der Waals surface area contributed by atoms with Crippen LogP contribution in [0.5, 0.6) is 11.5 Å². The van der Waals surface area contributed by atoms with Gasteiger partial charge in [-0.15, -0.1) is 0 Å². The number of carboxylic acids is 1. The largest absolute Gasteiger partial charge is 0.493 e. The Morgan fingerprint density at radius 2 is 1.93 bits per heavy atom. The minimum atomic E-state index is -2.90. The molecule has 0 aliphatic carbocycles. The minimum Gasteiger partial charge on any atom is -0.493 e. The summed E-state index contributed by atoms with van der Waals surface area (Å²) in [6.07, 6.45) is 2.18. The number of aromatic nitrogens is 3. The van der Waals surface area contributed by atoms with Gasteiger partial charge in [-0.25, -0.2) is 14.5 Å². The zero-order valence-corrected chi connectivity index (χ0v) is 22.8. The van der Waals surface area contributed by atoms with Crippen molar-refractivity contribution in [2.75, 3.05) is 6.61 Å². The number of aryl methyl sites for hydroxylation is 2. The molecule has 0 fully saturated rings. The number of halogens is 2. The van der Waals surface area contributed by atoms with Gasteiger partial charge >= 0.3 is 12.6 Å². The van der Waals surface area contributed by atoms with Crippen LogP contribution < -0.4 is 9.47 Å². The second kappa shape index (κ2) is 10.8. The van der Waals surface area contributed by atoms with Crippen molar-refractivity contribution >= 4 is 17.0 Å². The molecule has 0 saturated carbocycles. The van der Waals surface area contributed by atoms with Crippen LogP contribution in [0, 0.1) is 6.92 Å². The predicted molar refractivity (Wildman–Crippen MR) is 145 cm³/mol. The van der Waals surface area contributed by atoms with Gasteiger partial charge in [-0.3, -0.25) is 0 Å². The van der Waals surface area contributed by atoms with Crippen molar-refractivity contribution in [2.45, 2.75) is 65.4 Å². The summed E-state index contributed by atoms with van der Waals surface area (Å²) in [6, 6.07) is 12.2. The number of nitrogens with zero attached hydrogens (tertiary/aromatic N) is 3. The Morgan fingerprint density at radius 3 is 2.60 bits per heavy atom. The van der Waals surface area contributed by atoms with E-state index in [4.69, 9.17) is 14.5 Å². The van der Waals surface area contributed by atoms with E-state index in [0.29, 0.717) is 41.0 Å². The van der Waals surface area contributed by atoms with Crippen molar-refractivity contribution in [1.29, 1.82) is 0 Å². The SMILES string of the molecule is Cc1nc2c(cnn2Cc2ccc(OC(F)F)cc2)c(-c2ccc3c(c2)CCCO3)c1[C@H](OC(C)(C)C)C(=O)O. The van der Waals surface area contributed by atoms with Crippen molar-refractivity contribution in [3.05, 3.63) is 71.0 Å². The van der Waals surface area contributed by atoms with E-state index in [1.54, 1.807) is 29.9 Å². The molecule has 40 heavy (non-hydrogen) atoms. The number of ether oxygens (including phenoxy) is 3. The molecule has 1 N–H and O–H groups in total. The van der Waals surface area contributed by atoms with Crippen LogP contribution in [0.4, 0.5) is 8.78 Å². The quantitative estimate of drug-likeness (QED) is 0.274. The molecule has 2 aromatic carbocycles. The van der Waals surface area contributed by atoms with Crippen LogP contribution in [0.3, 0.4) is 0 Å². The first kappa shape index (κ1) is 27.5. The van der Waals surface area contributed by atoms with Crippen molar-refractivity contribution < 1.29 is 32.9 Å². The van der Waals surface area contributed by atoms with E-state index in [1.807, 2.05) is 39.0 Å². The maximum Gasteiger partial charge on any atom is 0.387 e. The molecule has 1 atom stereocenters. The van der Waals surface area contributed by atoms with Crippen LogP contribution in [0.15, 0.2) is 48.7 Å². The number of aliphatic carboxylic acids is 1. The second-order valence-corrected chi connectivity index (χ2v) is 10.8. The Hall–Kier alpha value is -4.05. The Labute approximate surface area is 230 Å². The van der Waals surface area contributed by atoms with Crippen LogP contribution in [0.2, 0.25) is 0 Å². The molecule has 0 radical (unpaired) electrons. The molecule has 0 unspecified atom stereocenters. The number of carboxylic acid groups (broad SMARTS) is 1. The van der Waals surface area contributed by atoms with Crippen LogP contribution in [0.1, 0.15) is 55.7 Å². The van der Waals surface area contributed by atoms with Crippen LogP contribution in [-0.2, 0) is 22.5 Å². The number of hydrogen-bond acceptors (Lipinski definition) is 6. The monoisotopic (exact) mass is 551 g/mol. The highest BCUT2D eigenvalue weighted by Gasteiger charge is 2.33. The summed E-state index contributed by atoms with van der Waals surface area (Å²) >= 11 is 0. The summed E-state index contributed by atoms with van der Waals surface area (Å²) in [5, 5.41) is 15.5. The summed E-state index contributed by atoms with van der Waals surface area (Å²) in [5.41, 5.74) is 4.20.